The van der Waals surface area contributed by atoms with Gasteiger partial charge in [0.25, 0.3) is 0 Å². The zero-order valence-corrected chi connectivity index (χ0v) is 7.43. The summed E-state index contributed by atoms with van der Waals surface area (Å²) in [7, 11) is 0. The normalized spacial score (nSPS) is 6.29. The molecule has 0 fully saturated rings. The number of aliphatic carboxylic acids is 2. The molecule has 0 radical (unpaired) electrons. The minimum atomic E-state index is -0.981. The summed E-state index contributed by atoms with van der Waals surface area (Å²) >= 11 is 0. The van der Waals surface area contributed by atoms with Gasteiger partial charge in [-0.2, -0.15) is 0 Å². The van der Waals surface area contributed by atoms with Crippen LogP contribution in [0.2, 0.25) is 0 Å². The van der Waals surface area contributed by atoms with Crippen molar-refractivity contribution in [2.75, 3.05) is 0 Å². The first-order valence-corrected chi connectivity index (χ1v) is 3.08. The second kappa shape index (κ2) is 13.3. The topological polar surface area (TPSA) is 150 Å². The molecule has 80 valence electrons. The number of hydrogen-bond acceptors (Lipinski definition) is 3. The highest BCUT2D eigenvalue weighted by Gasteiger charge is 1.73. The van der Waals surface area contributed by atoms with Crippen LogP contribution in [0.25, 0.3) is 0 Å². The molecule has 0 saturated carbocycles. The van der Waals surface area contributed by atoms with Crippen molar-refractivity contribution >= 4 is 17.9 Å². The summed E-state index contributed by atoms with van der Waals surface area (Å²) in [5, 5.41) is 21.3. The molecule has 0 bridgehead atoms. The monoisotopic (exact) mass is 203 g/mol. The average Bonchev–Trinajstić information content (AvgIpc) is 2.04. The van der Waals surface area contributed by atoms with Crippen molar-refractivity contribution in [1.82, 2.24) is 0 Å². The van der Waals surface area contributed by atoms with Crippen molar-refractivity contribution in [2.45, 2.75) is 0 Å². The Kier molecular flexibility index (Phi) is 16.8. The maximum atomic E-state index is 9.25. The predicted octanol–water partition coefficient (Wildman–Crippen LogP) is -0.647. The first kappa shape index (κ1) is 17.7. The third kappa shape index (κ3) is 256. The maximum Gasteiger partial charge on any atom is 0.327 e. The Morgan fingerprint density at radius 2 is 1.14 bits per heavy atom. The molecule has 0 atom stereocenters. The minimum absolute atomic E-state index is 0.333. The second-order valence-electron chi connectivity index (χ2n) is 1.54. The molecule has 0 heterocycles. The molecule has 7 heteroatoms. The molecule has 0 unspecified atom stereocenters. The van der Waals surface area contributed by atoms with E-state index in [-0.39, 0.29) is 5.96 Å². The van der Waals surface area contributed by atoms with Gasteiger partial charge in [-0.15, -0.1) is 0 Å². The number of carboxylic acid groups (broad SMARTS) is 2. The number of rotatable bonds is 2. The molecule has 0 rings (SSSR count). The standard InChI is InChI=1S/2C3H4O2.CH5N3/c2*1-2-3(4)5;2-1(3)4/h2*2H,1H2,(H,4,5);(H5,2,3,4). The van der Waals surface area contributed by atoms with Gasteiger partial charge in [0.2, 0.25) is 0 Å². The SMILES string of the molecule is C=CC(=O)O.C=CC(=O)O.N=C(N)N. The molecule has 14 heavy (non-hydrogen) atoms. The summed E-state index contributed by atoms with van der Waals surface area (Å²) in [6.07, 6.45) is 1.67. The number of carboxylic acids is 2. The Morgan fingerprint density at radius 1 is 1.07 bits per heavy atom. The number of carbonyl (C=O) groups is 2. The van der Waals surface area contributed by atoms with Crippen molar-refractivity contribution in [3.05, 3.63) is 25.3 Å². The summed E-state index contributed by atoms with van der Waals surface area (Å²) in [6.45, 7) is 5.92. The third-order valence-electron chi connectivity index (χ3n) is 0.349. The number of nitrogens with one attached hydrogen (secondary N) is 1. The van der Waals surface area contributed by atoms with Crippen LogP contribution in [-0.4, -0.2) is 28.1 Å². The van der Waals surface area contributed by atoms with Crippen LogP contribution in [0, 0.1) is 5.41 Å². The van der Waals surface area contributed by atoms with Crippen LogP contribution in [-0.2, 0) is 9.59 Å². The van der Waals surface area contributed by atoms with E-state index in [4.69, 9.17) is 15.6 Å². The van der Waals surface area contributed by atoms with Crippen LogP contribution in [0.1, 0.15) is 0 Å². The number of hydrogen-bond donors (Lipinski definition) is 5. The first-order chi connectivity index (χ1) is 6.27. The lowest BCUT2D eigenvalue weighted by Crippen LogP contribution is -2.20. The average molecular weight is 203 g/mol. The zero-order valence-electron chi connectivity index (χ0n) is 7.43. The molecule has 0 spiro atoms. The van der Waals surface area contributed by atoms with Gasteiger partial charge in [-0.1, -0.05) is 13.2 Å². The summed E-state index contributed by atoms with van der Waals surface area (Å²) in [5.74, 6) is -2.30. The van der Waals surface area contributed by atoms with Crippen molar-refractivity contribution in [1.29, 1.82) is 5.41 Å². The molecule has 0 aliphatic heterocycles. The number of nitrogens with two attached hydrogens (primary N) is 2. The lowest BCUT2D eigenvalue weighted by Gasteiger charge is -1.69. The fraction of sp³-hybridized carbons (Fsp3) is 0. The van der Waals surface area contributed by atoms with E-state index in [0.717, 1.165) is 12.2 Å². The van der Waals surface area contributed by atoms with Crippen molar-refractivity contribution in [3.63, 3.8) is 0 Å². The summed E-state index contributed by atoms with van der Waals surface area (Å²) in [4.78, 5) is 18.5. The maximum absolute atomic E-state index is 9.25. The van der Waals surface area contributed by atoms with Gasteiger partial charge in [0.15, 0.2) is 5.96 Å². The highest BCUT2D eigenvalue weighted by molar-refractivity contribution is 5.79. The molecular weight excluding hydrogens is 190 g/mol. The molecule has 0 aromatic carbocycles. The Balaban J connectivity index is -0.000000131. The largest absolute Gasteiger partial charge is 0.478 e. The van der Waals surface area contributed by atoms with E-state index >= 15 is 0 Å². The molecule has 0 aromatic heterocycles. The van der Waals surface area contributed by atoms with Crippen LogP contribution in [0.4, 0.5) is 0 Å². The van der Waals surface area contributed by atoms with Gasteiger partial charge >= 0.3 is 11.9 Å². The Labute approximate surface area is 80.8 Å². The Bertz CT molecular complexity index is 203. The van der Waals surface area contributed by atoms with Crippen molar-refractivity contribution in [3.8, 4) is 0 Å². The fourth-order valence-electron chi connectivity index (χ4n) is 0. The quantitative estimate of drug-likeness (QED) is 0.228. The second-order valence-corrected chi connectivity index (χ2v) is 1.54. The zero-order chi connectivity index (χ0) is 12.1. The van der Waals surface area contributed by atoms with Crippen LogP contribution in [0.3, 0.4) is 0 Å². The van der Waals surface area contributed by atoms with E-state index in [2.05, 4.69) is 24.6 Å². The van der Waals surface area contributed by atoms with Gasteiger partial charge in [0.1, 0.15) is 0 Å². The summed E-state index contributed by atoms with van der Waals surface area (Å²) < 4.78 is 0. The van der Waals surface area contributed by atoms with Gasteiger partial charge < -0.3 is 21.7 Å². The van der Waals surface area contributed by atoms with Crippen LogP contribution in [0.5, 0.6) is 0 Å². The summed E-state index contributed by atoms with van der Waals surface area (Å²) in [6, 6.07) is 0. The van der Waals surface area contributed by atoms with Crippen molar-refractivity contribution in [2.24, 2.45) is 11.5 Å². The van der Waals surface area contributed by atoms with Gasteiger partial charge in [0.05, 0.1) is 0 Å². The lowest BCUT2D eigenvalue weighted by atomic mass is 10.7. The fourth-order valence-corrected chi connectivity index (χ4v) is 0. The molecule has 7 nitrogen and oxygen atoms in total. The van der Waals surface area contributed by atoms with E-state index in [9.17, 15) is 9.59 Å². The third-order valence-corrected chi connectivity index (χ3v) is 0.349. The highest BCUT2D eigenvalue weighted by Crippen LogP contribution is 1.55. The Morgan fingerprint density at radius 3 is 1.14 bits per heavy atom. The molecule has 0 aromatic rings. The Hall–Kier alpha value is -2.31. The lowest BCUT2D eigenvalue weighted by molar-refractivity contribution is -0.132. The van der Waals surface area contributed by atoms with Gasteiger partial charge in [-0.3, -0.25) is 5.41 Å². The minimum Gasteiger partial charge on any atom is -0.478 e. The van der Waals surface area contributed by atoms with Gasteiger partial charge in [-0.25, -0.2) is 9.59 Å². The van der Waals surface area contributed by atoms with Gasteiger partial charge in [0, 0.05) is 12.2 Å². The van der Waals surface area contributed by atoms with E-state index in [1.807, 2.05) is 0 Å². The van der Waals surface area contributed by atoms with E-state index in [1.54, 1.807) is 0 Å². The molecule has 0 aliphatic rings. The van der Waals surface area contributed by atoms with E-state index in [1.165, 1.54) is 0 Å². The molecule has 7 N–H and O–H groups in total. The molecule has 0 amide bonds. The highest BCUT2D eigenvalue weighted by atomic mass is 16.4. The summed E-state index contributed by atoms with van der Waals surface area (Å²) in [5.41, 5.74) is 8.94. The van der Waals surface area contributed by atoms with Crippen LogP contribution < -0.4 is 11.5 Å². The van der Waals surface area contributed by atoms with Crippen LogP contribution >= 0.6 is 0 Å². The molecular formula is C7H13N3O4. The predicted molar refractivity (Wildman–Crippen MR) is 51.8 cm³/mol. The molecule has 0 aliphatic carbocycles. The van der Waals surface area contributed by atoms with Crippen LogP contribution in [0.15, 0.2) is 25.3 Å². The first-order valence-electron chi connectivity index (χ1n) is 3.08. The van der Waals surface area contributed by atoms with E-state index in [0.29, 0.717) is 0 Å². The van der Waals surface area contributed by atoms with Gasteiger partial charge in [-0.05, 0) is 0 Å². The van der Waals surface area contributed by atoms with Crippen molar-refractivity contribution < 1.29 is 19.8 Å². The number of guanidine groups is 1. The smallest absolute Gasteiger partial charge is 0.327 e. The molecule has 0 saturated heterocycles. The van der Waals surface area contributed by atoms with E-state index < -0.39 is 11.9 Å².